The van der Waals surface area contributed by atoms with Crippen LogP contribution in [-0.4, -0.2) is 69.2 Å². The molecular weight excluding hydrogens is 679 g/mol. The highest BCUT2D eigenvalue weighted by atomic mass is 32.2. The summed E-state index contributed by atoms with van der Waals surface area (Å²) < 4.78 is 78.2. The fraction of sp³-hybridized carbons (Fsp3) is 0.368. The van der Waals surface area contributed by atoms with Crippen molar-refractivity contribution in [3.63, 3.8) is 0 Å². The molecule has 0 amide bonds. The maximum absolute atomic E-state index is 13.5. The lowest BCUT2D eigenvalue weighted by Crippen LogP contribution is -2.30. The smallest absolute Gasteiger partial charge is 0.206 e. The molecule has 0 spiro atoms. The zero-order chi connectivity index (χ0) is 35.2. The van der Waals surface area contributed by atoms with Crippen LogP contribution in [0.5, 0.6) is 0 Å². The molecule has 4 aliphatic heterocycles. The fourth-order valence-corrected chi connectivity index (χ4v) is 10.8. The van der Waals surface area contributed by atoms with Crippen LogP contribution >= 0.6 is 0 Å². The molecule has 0 saturated carbocycles. The molecule has 2 N–H and O–H groups in total. The maximum Gasteiger partial charge on any atom is 0.206 e. The lowest BCUT2D eigenvalue weighted by atomic mass is 9.91. The molecule has 0 aliphatic carbocycles. The summed E-state index contributed by atoms with van der Waals surface area (Å²) in [7, 11) is -3.20. The molecule has 8 rings (SSSR count). The van der Waals surface area contributed by atoms with Gasteiger partial charge in [-0.25, -0.2) is 25.6 Å². The Labute approximate surface area is 293 Å². The number of likely N-dealkylation sites (N-methyl/N-ethyl adjacent to an activating group) is 2. The summed E-state index contributed by atoms with van der Waals surface area (Å²) in [6.07, 6.45) is 4.09. The molecule has 0 radical (unpaired) electrons. The van der Waals surface area contributed by atoms with Crippen LogP contribution in [0, 0.1) is 11.6 Å². The summed E-state index contributed by atoms with van der Waals surface area (Å²) in [4.78, 5) is 5.19. The number of halogens is 2. The van der Waals surface area contributed by atoms with E-state index in [9.17, 15) is 25.6 Å². The molecule has 0 bridgehead atoms. The minimum Gasteiger partial charge on any atom is -0.371 e. The molecule has 4 aromatic rings. The highest BCUT2D eigenvalue weighted by Crippen LogP contribution is 2.46. The van der Waals surface area contributed by atoms with Gasteiger partial charge in [-0.05, 0) is 142 Å². The van der Waals surface area contributed by atoms with E-state index in [1.165, 1.54) is 42.5 Å². The van der Waals surface area contributed by atoms with E-state index in [0.29, 0.717) is 23.9 Å². The number of anilines is 2. The van der Waals surface area contributed by atoms with Crippen LogP contribution in [0.15, 0.2) is 105 Å². The Morgan fingerprint density at radius 3 is 1.48 bits per heavy atom. The summed E-state index contributed by atoms with van der Waals surface area (Å²) in [6.45, 7) is 3.85. The van der Waals surface area contributed by atoms with E-state index in [-0.39, 0.29) is 19.6 Å². The van der Waals surface area contributed by atoms with Gasteiger partial charge in [0, 0.05) is 49.4 Å². The Kier molecular flexibility index (Phi) is 9.48. The van der Waals surface area contributed by atoms with Crippen molar-refractivity contribution in [2.45, 2.75) is 69.2 Å². The van der Waals surface area contributed by atoms with Crippen molar-refractivity contribution in [2.75, 3.05) is 50.1 Å². The average molecular weight is 721 g/mol. The molecule has 2 fully saturated rings. The van der Waals surface area contributed by atoms with Crippen LogP contribution in [-0.2, 0) is 19.7 Å². The quantitative estimate of drug-likeness (QED) is 0.252. The largest absolute Gasteiger partial charge is 0.371 e. The third-order valence-corrected chi connectivity index (χ3v) is 14.3. The van der Waals surface area contributed by atoms with Gasteiger partial charge in [0.05, 0.1) is 19.6 Å². The van der Waals surface area contributed by atoms with Gasteiger partial charge in [-0.3, -0.25) is 0 Å². The minimum absolute atomic E-state index is 0.00196. The number of sulfone groups is 2. The van der Waals surface area contributed by atoms with Gasteiger partial charge in [0.2, 0.25) is 19.7 Å². The summed E-state index contributed by atoms with van der Waals surface area (Å²) in [5.74, 6) is -0.309. The molecule has 50 heavy (non-hydrogen) atoms. The summed E-state index contributed by atoms with van der Waals surface area (Å²) in [5, 5.41) is 6.84. The van der Waals surface area contributed by atoms with E-state index in [0.717, 1.165) is 80.4 Å². The number of hydrogen-bond donors (Lipinski definition) is 2. The monoisotopic (exact) mass is 720 g/mol. The van der Waals surface area contributed by atoms with Crippen LogP contribution in [0.4, 0.5) is 20.2 Å². The second-order valence-electron chi connectivity index (χ2n) is 13.6. The van der Waals surface area contributed by atoms with Gasteiger partial charge in [0.1, 0.15) is 11.6 Å². The van der Waals surface area contributed by atoms with Gasteiger partial charge in [-0.2, -0.15) is 0 Å². The van der Waals surface area contributed by atoms with Crippen LogP contribution in [0.1, 0.15) is 48.6 Å². The number of rotatable bonds is 4. The Bertz CT molecular complexity index is 2110. The molecule has 264 valence electrons. The molecular formula is C38H42F2N4O4S2. The van der Waals surface area contributed by atoms with Crippen LogP contribution in [0.25, 0.3) is 0 Å². The van der Waals surface area contributed by atoms with Gasteiger partial charge in [-0.1, -0.05) is 6.07 Å². The predicted octanol–water partition coefficient (Wildman–Crippen LogP) is 5.89. The normalized spacial score (nSPS) is 23.0. The molecule has 4 heterocycles. The Morgan fingerprint density at radius 1 is 0.540 bits per heavy atom. The first-order valence-corrected chi connectivity index (χ1v) is 20.1. The summed E-state index contributed by atoms with van der Waals surface area (Å²) in [5.41, 5.74) is 4.43. The third kappa shape index (κ3) is 6.31. The Hall–Kier alpha value is -3.84. The maximum atomic E-state index is 13.5. The summed E-state index contributed by atoms with van der Waals surface area (Å²) in [6, 6.07) is 21.7. The lowest BCUT2D eigenvalue weighted by molar-refractivity contribution is 0.531. The second kappa shape index (κ2) is 13.7. The lowest BCUT2D eigenvalue weighted by Gasteiger charge is -2.24. The molecule has 0 aromatic heterocycles. The average Bonchev–Trinajstić information content (AvgIpc) is 3.32. The van der Waals surface area contributed by atoms with E-state index < -0.39 is 31.3 Å². The first kappa shape index (κ1) is 34.6. The van der Waals surface area contributed by atoms with Crippen molar-refractivity contribution < 1.29 is 25.6 Å². The number of benzene rings is 4. The molecule has 12 heteroatoms. The SMILES string of the molecule is CN1c2ccc(S(=O)(=O)c3ccc(F)cc3)cc2[C@@H]2CCNCC[C@@H]21.CN1c2ccc(S(=O)(=O)c3cccc(F)c3)cc2[C@@H]2CCNCC[C@@H]21. The zero-order valence-electron chi connectivity index (χ0n) is 28.1. The van der Waals surface area contributed by atoms with Crippen molar-refractivity contribution in [1.82, 2.24) is 10.6 Å². The number of nitrogens with one attached hydrogen (secondary N) is 2. The third-order valence-electron chi connectivity index (χ3n) is 10.8. The standard InChI is InChI=1S/2C19H21FN2O2S/c1-22-18-7-6-15(25(23,24)14-4-2-13(20)3-5-14)12-17(18)16-8-10-21-11-9-19(16)22;1-22-18-6-5-15(25(23,24)14-4-2-3-13(20)11-14)12-17(18)16-7-9-21-10-8-19(16)22/h2-7,12,16,19,21H,8-11H2,1H3;2-6,11-12,16,19,21H,7-10H2,1H3/t2*16-,19-/m00/s1. The second-order valence-corrected chi connectivity index (χ2v) is 17.5. The van der Waals surface area contributed by atoms with Gasteiger partial charge in [0.15, 0.2) is 0 Å². The number of hydrogen-bond acceptors (Lipinski definition) is 8. The van der Waals surface area contributed by atoms with Crippen molar-refractivity contribution >= 4 is 31.0 Å². The number of nitrogens with zero attached hydrogens (tertiary/aromatic N) is 2. The van der Waals surface area contributed by atoms with Crippen LogP contribution < -0.4 is 20.4 Å². The van der Waals surface area contributed by atoms with E-state index >= 15 is 0 Å². The molecule has 2 saturated heterocycles. The van der Waals surface area contributed by atoms with Gasteiger partial charge in [0.25, 0.3) is 0 Å². The highest BCUT2D eigenvalue weighted by molar-refractivity contribution is 7.91. The molecule has 8 nitrogen and oxygen atoms in total. The topological polar surface area (TPSA) is 98.8 Å². The van der Waals surface area contributed by atoms with E-state index in [2.05, 4.69) is 34.5 Å². The van der Waals surface area contributed by atoms with E-state index in [1.54, 1.807) is 18.2 Å². The molecule has 4 atom stereocenters. The highest BCUT2D eigenvalue weighted by Gasteiger charge is 2.39. The van der Waals surface area contributed by atoms with Gasteiger partial charge >= 0.3 is 0 Å². The zero-order valence-corrected chi connectivity index (χ0v) is 29.8. The van der Waals surface area contributed by atoms with Crippen LogP contribution in [0.2, 0.25) is 0 Å². The Balaban J connectivity index is 0.000000157. The summed E-state index contributed by atoms with van der Waals surface area (Å²) >= 11 is 0. The molecule has 4 aliphatic rings. The fourth-order valence-electron chi connectivity index (χ4n) is 8.22. The number of fused-ring (bicyclic) bond motifs is 6. The van der Waals surface area contributed by atoms with Crippen molar-refractivity contribution in [1.29, 1.82) is 0 Å². The minimum atomic E-state index is -3.72. The first-order valence-electron chi connectivity index (χ1n) is 17.1. The first-order chi connectivity index (χ1) is 24.0. The van der Waals surface area contributed by atoms with Gasteiger partial charge < -0.3 is 20.4 Å². The molecule has 4 aromatic carbocycles. The van der Waals surface area contributed by atoms with Crippen LogP contribution in [0.3, 0.4) is 0 Å². The van der Waals surface area contributed by atoms with Crippen molar-refractivity contribution in [3.05, 3.63) is 108 Å². The van der Waals surface area contributed by atoms with Gasteiger partial charge in [-0.15, -0.1) is 0 Å². The van der Waals surface area contributed by atoms with Crippen molar-refractivity contribution in [3.8, 4) is 0 Å². The Morgan fingerprint density at radius 2 is 0.980 bits per heavy atom. The molecule has 0 unspecified atom stereocenters. The van der Waals surface area contributed by atoms with Crippen molar-refractivity contribution in [2.24, 2.45) is 0 Å². The van der Waals surface area contributed by atoms with E-state index in [4.69, 9.17) is 0 Å². The van der Waals surface area contributed by atoms with E-state index in [1.807, 2.05) is 18.2 Å². The predicted molar refractivity (Wildman–Crippen MR) is 191 cm³/mol.